The Labute approximate surface area is 76.8 Å². The molecule has 0 bridgehead atoms. The minimum absolute atomic E-state index is 0.369. The van der Waals surface area contributed by atoms with Crippen LogP contribution < -0.4 is 0 Å². The van der Waals surface area contributed by atoms with E-state index in [1.54, 1.807) is 0 Å². The highest BCUT2D eigenvalue weighted by Crippen LogP contribution is 1.97. The highest BCUT2D eigenvalue weighted by atomic mass is 16.5. The number of hydrogen-bond acceptors (Lipinski definition) is 1. The summed E-state index contributed by atoms with van der Waals surface area (Å²) in [7, 11) is 0. The van der Waals surface area contributed by atoms with Crippen molar-refractivity contribution in [2.75, 3.05) is 6.61 Å². The van der Waals surface area contributed by atoms with Crippen LogP contribution in [0, 0.1) is 0 Å². The first-order valence-electron chi connectivity index (χ1n) is 5.04. The van der Waals surface area contributed by atoms with Crippen LogP contribution in [0.15, 0.2) is 12.2 Å². The number of hydrogen-bond donors (Lipinski definition) is 0. The molecule has 0 atom stereocenters. The highest BCUT2D eigenvalue weighted by Gasteiger charge is 1.89. The van der Waals surface area contributed by atoms with E-state index in [0.717, 1.165) is 13.0 Å². The molecule has 0 saturated heterocycles. The molecule has 0 fully saturated rings. The summed E-state index contributed by atoms with van der Waals surface area (Å²) in [4.78, 5) is 0. The lowest BCUT2D eigenvalue weighted by Gasteiger charge is -2.04. The average Bonchev–Trinajstić information content (AvgIpc) is 2.02. The predicted molar refractivity (Wildman–Crippen MR) is 54.4 cm³/mol. The van der Waals surface area contributed by atoms with Crippen molar-refractivity contribution in [2.45, 2.75) is 52.6 Å². The fourth-order valence-corrected chi connectivity index (χ4v) is 0.929. The summed E-state index contributed by atoms with van der Waals surface area (Å²) >= 11 is 0. The molecule has 0 amide bonds. The fraction of sp³-hybridized carbons (Fsp3) is 0.818. The number of unbranched alkanes of at least 4 members (excludes halogenated alkanes) is 2. The molecular formula is C11H22O. The summed E-state index contributed by atoms with van der Waals surface area (Å²) in [5, 5.41) is 0. The van der Waals surface area contributed by atoms with Crippen LogP contribution in [0.25, 0.3) is 0 Å². The van der Waals surface area contributed by atoms with E-state index in [-0.39, 0.29) is 0 Å². The zero-order valence-corrected chi connectivity index (χ0v) is 8.68. The van der Waals surface area contributed by atoms with E-state index in [2.05, 4.69) is 32.9 Å². The maximum absolute atomic E-state index is 5.40. The maximum Gasteiger partial charge on any atom is 0.0519 e. The average molecular weight is 170 g/mol. The first-order chi connectivity index (χ1) is 5.77. The third-order valence-electron chi connectivity index (χ3n) is 1.63. The first-order valence-corrected chi connectivity index (χ1v) is 5.04. The smallest absolute Gasteiger partial charge is 0.0519 e. The van der Waals surface area contributed by atoms with Crippen molar-refractivity contribution in [3.63, 3.8) is 0 Å². The minimum Gasteiger partial charge on any atom is -0.378 e. The van der Waals surface area contributed by atoms with Crippen LogP contribution >= 0.6 is 0 Å². The van der Waals surface area contributed by atoms with Gasteiger partial charge in [0.15, 0.2) is 0 Å². The molecule has 1 heteroatoms. The fourth-order valence-electron chi connectivity index (χ4n) is 0.929. The van der Waals surface area contributed by atoms with Gasteiger partial charge in [0.2, 0.25) is 0 Å². The lowest BCUT2D eigenvalue weighted by molar-refractivity contribution is 0.0825. The van der Waals surface area contributed by atoms with E-state index in [0.29, 0.717) is 6.10 Å². The van der Waals surface area contributed by atoms with Crippen LogP contribution in [0.1, 0.15) is 46.5 Å². The molecule has 72 valence electrons. The standard InChI is InChI=1S/C11H22O/c1-4-5-6-7-8-9-10-12-11(2)3/h7-8,11H,4-6,9-10H2,1-3H3/b8-7+. The Morgan fingerprint density at radius 2 is 1.83 bits per heavy atom. The van der Waals surface area contributed by atoms with Gasteiger partial charge >= 0.3 is 0 Å². The van der Waals surface area contributed by atoms with Gasteiger partial charge in [0.05, 0.1) is 12.7 Å². The third kappa shape index (κ3) is 9.70. The zero-order chi connectivity index (χ0) is 9.23. The largest absolute Gasteiger partial charge is 0.378 e. The quantitative estimate of drug-likeness (QED) is 0.419. The van der Waals surface area contributed by atoms with Crippen molar-refractivity contribution in [3.05, 3.63) is 12.2 Å². The summed E-state index contributed by atoms with van der Waals surface area (Å²) in [5.41, 5.74) is 0. The van der Waals surface area contributed by atoms with Gasteiger partial charge in [-0.05, 0) is 26.7 Å². The Hall–Kier alpha value is -0.300. The normalized spacial score (nSPS) is 11.7. The Balaban J connectivity index is 3.03. The molecule has 0 aromatic rings. The van der Waals surface area contributed by atoms with Crippen LogP contribution in [-0.2, 0) is 4.74 Å². The molecule has 0 aliphatic carbocycles. The molecule has 0 spiro atoms. The monoisotopic (exact) mass is 170 g/mol. The molecular weight excluding hydrogens is 148 g/mol. The Morgan fingerprint density at radius 1 is 1.17 bits per heavy atom. The van der Waals surface area contributed by atoms with E-state index in [9.17, 15) is 0 Å². The molecule has 0 aromatic carbocycles. The Kier molecular flexibility index (Phi) is 8.57. The second-order valence-electron chi connectivity index (χ2n) is 3.32. The summed E-state index contributed by atoms with van der Waals surface area (Å²) in [6, 6.07) is 0. The second kappa shape index (κ2) is 8.79. The van der Waals surface area contributed by atoms with Gasteiger partial charge in [-0.15, -0.1) is 0 Å². The Bertz CT molecular complexity index is 106. The van der Waals surface area contributed by atoms with Gasteiger partial charge in [0, 0.05) is 0 Å². The van der Waals surface area contributed by atoms with Crippen molar-refractivity contribution in [2.24, 2.45) is 0 Å². The summed E-state index contributed by atoms with van der Waals surface area (Å²) in [6.07, 6.45) is 9.72. The molecule has 0 rings (SSSR count). The van der Waals surface area contributed by atoms with Crippen LogP contribution in [-0.4, -0.2) is 12.7 Å². The van der Waals surface area contributed by atoms with E-state index in [1.807, 2.05) is 0 Å². The van der Waals surface area contributed by atoms with Gasteiger partial charge < -0.3 is 4.74 Å². The summed E-state index contributed by atoms with van der Waals surface area (Å²) in [5.74, 6) is 0. The van der Waals surface area contributed by atoms with Crippen molar-refractivity contribution < 1.29 is 4.74 Å². The van der Waals surface area contributed by atoms with Crippen LogP contribution in [0.2, 0.25) is 0 Å². The van der Waals surface area contributed by atoms with Crippen LogP contribution in [0.3, 0.4) is 0 Å². The maximum atomic E-state index is 5.40. The van der Waals surface area contributed by atoms with Gasteiger partial charge in [-0.1, -0.05) is 31.9 Å². The zero-order valence-electron chi connectivity index (χ0n) is 8.68. The molecule has 0 N–H and O–H groups in total. The minimum atomic E-state index is 0.369. The van der Waals surface area contributed by atoms with Crippen molar-refractivity contribution in [3.8, 4) is 0 Å². The van der Waals surface area contributed by atoms with Crippen molar-refractivity contribution >= 4 is 0 Å². The topological polar surface area (TPSA) is 9.23 Å². The predicted octanol–water partition coefficient (Wildman–Crippen LogP) is 3.55. The SMILES string of the molecule is CCCC/C=C/CCOC(C)C. The molecule has 0 saturated carbocycles. The van der Waals surface area contributed by atoms with Gasteiger partial charge in [-0.3, -0.25) is 0 Å². The van der Waals surface area contributed by atoms with Gasteiger partial charge in [-0.25, -0.2) is 0 Å². The van der Waals surface area contributed by atoms with Gasteiger partial charge in [0.1, 0.15) is 0 Å². The van der Waals surface area contributed by atoms with Crippen LogP contribution in [0.5, 0.6) is 0 Å². The van der Waals surface area contributed by atoms with Gasteiger partial charge in [0.25, 0.3) is 0 Å². The molecule has 0 radical (unpaired) electrons. The van der Waals surface area contributed by atoms with E-state index in [1.165, 1.54) is 19.3 Å². The van der Waals surface area contributed by atoms with E-state index in [4.69, 9.17) is 4.74 Å². The molecule has 0 aliphatic rings. The molecule has 0 heterocycles. The molecule has 0 aromatic heterocycles. The summed E-state index contributed by atoms with van der Waals surface area (Å²) in [6.45, 7) is 7.22. The lowest BCUT2D eigenvalue weighted by Crippen LogP contribution is -2.02. The molecule has 0 unspecified atom stereocenters. The van der Waals surface area contributed by atoms with Crippen molar-refractivity contribution in [1.29, 1.82) is 0 Å². The van der Waals surface area contributed by atoms with E-state index >= 15 is 0 Å². The van der Waals surface area contributed by atoms with Gasteiger partial charge in [-0.2, -0.15) is 0 Å². The second-order valence-corrected chi connectivity index (χ2v) is 3.32. The van der Waals surface area contributed by atoms with E-state index < -0.39 is 0 Å². The number of ether oxygens (including phenoxy) is 1. The third-order valence-corrected chi connectivity index (χ3v) is 1.63. The van der Waals surface area contributed by atoms with Crippen LogP contribution in [0.4, 0.5) is 0 Å². The molecule has 0 aliphatic heterocycles. The van der Waals surface area contributed by atoms with Crippen molar-refractivity contribution in [1.82, 2.24) is 0 Å². The first kappa shape index (κ1) is 11.7. The number of rotatable bonds is 7. The highest BCUT2D eigenvalue weighted by molar-refractivity contribution is 4.81. The molecule has 12 heavy (non-hydrogen) atoms. The number of allylic oxidation sites excluding steroid dienone is 1. The lowest BCUT2D eigenvalue weighted by atomic mass is 10.2. The Morgan fingerprint density at radius 3 is 2.42 bits per heavy atom. The molecule has 1 nitrogen and oxygen atoms in total. The summed E-state index contributed by atoms with van der Waals surface area (Å²) < 4.78 is 5.40.